The van der Waals surface area contributed by atoms with Crippen LogP contribution in [0.15, 0.2) is 23.4 Å². The van der Waals surface area contributed by atoms with Crippen LogP contribution < -0.4 is 4.43 Å². The molecule has 148 valence electrons. The summed E-state index contributed by atoms with van der Waals surface area (Å²) in [5.41, 5.74) is 2.99. The maximum atomic E-state index is 11.8. The summed E-state index contributed by atoms with van der Waals surface area (Å²) >= 11 is 0. The molecule has 1 N–H and O–H groups in total. The summed E-state index contributed by atoms with van der Waals surface area (Å²) < 4.78 is 6.21. The Labute approximate surface area is 164 Å². The molecule has 1 aromatic rings. The van der Waals surface area contributed by atoms with Crippen LogP contribution in [0.1, 0.15) is 56.1 Å². The quantitative estimate of drug-likeness (QED) is 0.594. The fraction of sp³-hybridized carbons (Fsp3) is 0.682. The van der Waals surface area contributed by atoms with Crippen LogP contribution >= 0.6 is 0 Å². The molecule has 2 saturated carbocycles. The third-order valence-electron chi connectivity index (χ3n) is 7.25. The second-order valence-electron chi connectivity index (χ2n) is 9.84. The van der Waals surface area contributed by atoms with Crippen molar-refractivity contribution in [3.8, 4) is 5.75 Å². The van der Waals surface area contributed by atoms with Gasteiger partial charge in [-0.15, -0.1) is 0 Å². The first kappa shape index (κ1) is 19.0. The van der Waals surface area contributed by atoms with E-state index in [-0.39, 0.29) is 5.41 Å². The molecule has 5 heteroatoms. The summed E-state index contributed by atoms with van der Waals surface area (Å²) in [6, 6.07) is 6.67. The lowest BCUT2D eigenvalue weighted by molar-refractivity contribution is -0.119. The van der Waals surface area contributed by atoms with Gasteiger partial charge in [0.25, 0.3) is 0 Å². The fourth-order valence-electron chi connectivity index (χ4n) is 6.00. The molecule has 4 atom stereocenters. The molecule has 0 radical (unpaired) electrons. The SMILES string of the molecule is CON=C1CCC2(O)C3CCc4cc(O[Si](C)(C)C)ccc4C3CCC12C. The molecular formula is C22H33NO3Si. The topological polar surface area (TPSA) is 51.0 Å². The van der Waals surface area contributed by atoms with Gasteiger partial charge >= 0.3 is 0 Å². The summed E-state index contributed by atoms with van der Waals surface area (Å²) in [5, 5.41) is 16.1. The summed E-state index contributed by atoms with van der Waals surface area (Å²) in [4.78, 5) is 5.10. The molecular weight excluding hydrogens is 354 g/mol. The van der Waals surface area contributed by atoms with Crippen LogP contribution in [-0.2, 0) is 11.3 Å². The van der Waals surface area contributed by atoms with Crippen molar-refractivity contribution in [2.75, 3.05) is 7.11 Å². The van der Waals surface area contributed by atoms with Gasteiger partial charge in [0.2, 0.25) is 8.32 Å². The number of rotatable bonds is 3. The average Bonchev–Trinajstić information content (AvgIpc) is 2.85. The van der Waals surface area contributed by atoms with Gasteiger partial charge in [0.05, 0.1) is 11.3 Å². The van der Waals surface area contributed by atoms with Gasteiger partial charge < -0.3 is 14.4 Å². The minimum absolute atomic E-state index is 0.247. The lowest BCUT2D eigenvalue weighted by atomic mass is 9.53. The third kappa shape index (κ3) is 2.94. The van der Waals surface area contributed by atoms with E-state index in [1.807, 2.05) is 0 Å². The number of hydrogen-bond acceptors (Lipinski definition) is 4. The Bertz CT molecular complexity index is 771. The van der Waals surface area contributed by atoms with E-state index >= 15 is 0 Å². The number of fused-ring (bicyclic) bond motifs is 5. The predicted octanol–water partition coefficient (Wildman–Crippen LogP) is 4.87. The maximum Gasteiger partial charge on any atom is 0.242 e. The highest BCUT2D eigenvalue weighted by Crippen LogP contribution is 2.62. The van der Waals surface area contributed by atoms with E-state index in [2.05, 4.69) is 49.9 Å². The zero-order valence-electron chi connectivity index (χ0n) is 17.3. The van der Waals surface area contributed by atoms with Crippen LogP contribution in [0.4, 0.5) is 0 Å². The molecule has 0 aromatic heterocycles. The molecule has 0 saturated heterocycles. The average molecular weight is 388 g/mol. The van der Waals surface area contributed by atoms with Crippen molar-refractivity contribution < 1.29 is 14.4 Å². The van der Waals surface area contributed by atoms with E-state index in [1.54, 1.807) is 7.11 Å². The molecule has 0 spiro atoms. The van der Waals surface area contributed by atoms with Crippen LogP contribution in [0.3, 0.4) is 0 Å². The van der Waals surface area contributed by atoms with Gasteiger partial charge in [-0.1, -0.05) is 18.1 Å². The van der Waals surface area contributed by atoms with Crippen molar-refractivity contribution >= 4 is 14.0 Å². The largest absolute Gasteiger partial charge is 0.544 e. The van der Waals surface area contributed by atoms with E-state index in [9.17, 15) is 5.11 Å². The van der Waals surface area contributed by atoms with Gasteiger partial charge in [-0.2, -0.15) is 0 Å². The predicted molar refractivity (Wildman–Crippen MR) is 111 cm³/mol. The molecule has 0 heterocycles. The number of aliphatic hydroxyl groups is 1. The number of nitrogens with zero attached hydrogens (tertiary/aromatic N) is 1. The van der Waals surface area contributed by atoms with E-state index in [1.165, 1.54) is 11.1 Å². The minimum Gasteiger partial charge on any atom is -0.544 e. The van der Waals surface area contributed by atoms with E-state index < -0.39 is 13.9 Å². The van der Waals surface area contributed by atoms with Crippen LogP contribution in [0.2, 0.25) is 19.6 Å². The van der Waals surface area contributed by atoms with Crippen molar-refractivity contribution in [1.29, 1.82) is 0 Å². The molecule has 3 aliphatic rings. The Morgan fingerprint density at radius 1 is 1.15 bits per heavy atom. The summed E-state index contributed by atoms with van der Waals surface area (Å²) in [5.74, 6) is 1.76. The molecule has 4 nitrogen and oxygen atoms in total. The lowest BCUT2D eigenvalue weighted by Crippen LogP contribution is -2.56. The number of hydrogen-bond donors (Lipinski definition) is 1. The number of aryl methyl sites for hydroxylation is 1. The first-order chi connectivity index (χ1) is 12.7. The van der Waals surface area contributed by atoms with E-state index in [0.717, 1.165) is 50.0 Å². The second kappa shape index (κ2) is 6.34. The molecule has 2 fully saturated rings. The van der Waals surface area contributed by atoms with Crippen LogP contribution in [0, 0.1) is 11.3 Å². The Morgan fingerprint density at radius 3 is 2.63 bits per heavy atom. The highest BCUT2D eigenvalue weighted by Gasteiger charge is 2.63. The lowest BCUT2D eigenvalue weighted by Gasteiger charge is -2.54. The fourth-order valence-corrected chi connectivity index (χ4v) is 6.84. The minimum atomic E-state index is -1.60. The molecule has 0 aliphatic heterocycles. The first-order valence-corrected chi connectivity index (χ1v) is 13.7. The molecule has 4 unspecified atom stereocenters. The summed E-state index contributed by atoms with van der Waals surface area (Å²) in [7, 11) is 0.00936. The highest BCUT2D eigenvalue weighted by atomic mass is 28.4. The Kier molecular flexibility index (Phi) is 4.47. The van der Waals surface area contributed by atoms with Gasteiger partial charge in [-0.05, 0) is 93.3 Å². The smallest absolute Gasteiger partial charge is 0.242 e. The van der Waals surface area contributed by atoms with Crippen molar-refractivity contribution in [3.05, 3.63) is 29.3 Å². The van der Waals surface area contributed by atoms with Gasteiger partial charge in [0.1, 0.15) is 12.9 Å². The molecule has 1 aromatic carbocycles. The molecule has 3 aliphatic carbocycles. The van der Waals surface area contributed by atoms with E-state index in [4.69, 9.17) is 9.26 Å². The Hall–Kier alpha value is -1.33. The molecule has 0 bridgehead atoms. The van der Waals surface area contributed by atoms with Gasteiger partial charge in [-0.25, -0.2) is 0 Å². The highest BCUT2D eigenvalue weighted by molar-refractivity contribution is 6.70. The summed E-state index contributed by atoms with van der Waals surface area (Å²) in [6.07, 6.45) is 5.79. The number of benzene rings is 1. The van der Waals surface area contributed by atoms with E-state index in [0.29, 0.717) is 11.8 Å². The number of oxime groups is 1. The monoisotopic (exact) mass is 387 g/mol. The molecule has 4 rings (SSSR count). The van der Waals surface area contributed by atoms with Gasteiger partial charge in [-0.3, -0.25) is 0 Å². The zero-order valence-corrected chi connectivity index (χ0v) is 18.3. The standard InChI is InChI=1S/C22H33NO3Si/c1-21-12-10-18-17-8-7-16(26-27(3,4)5)14-15(17)6-9-19(18)22(21,24)13-11-20(21)23-25-2/h7-8,14,18-19,24H,6,9-13H2,1-5H3. The van der Waals surface area contributed by atoms with Gasteiger partial charge in [0, 0.05) is 5.41 Å². The first-order valence-electron chi connectivity index (χ1n) is 10.3. The van der Waals surface area contributed by atoms with Crippen LogP contribution in [-0.4, -0.2) is 31.8 Å². The normalized spacial score (nSPS) is 36.7. The van der Waals surface area contributed by atoms with Crippen molar-refractivity contribution in [2.45, 2.75) is 76.6 Å². The van der Waals surface area contributed by atoms with Crippen molar-refractivity contribution in [3.63, 3.8) is 0 Å². The van der Waals surface area contributed by atoms with Crippen molar-refractivity contribution in [2.24, 2.45) is 16.5 Å². The Morgan fingerprint density at radius 2 is 1.93 bits per heavy atom. The van der Waals surface area contributed by atoms with Gasteiger partial charge in [0.15, 0.2) is 0 Å². The zero-order chi connectivity index (χ0) is 19.4. The molecule has 27 heavy (non-hydrogen) atoms. The Balaban J connectivity index is 1.66. The maximum absolute atomic E-state index is 11.8. The third-order valence-corrected chi connectivity index (χ3v) is 8.10. The summed E-state index contributed by atoms with van der Waals surface area (Å²) in [6.45, 7) is 8.87. The molecule has 0 amide bonds. The second-order valence-corrected chi connectivity index (χ2v) is 14.3. The van der Waals surface area contributed by atoms with Crippen molar-refractivity contribution in [1.82, 2.24) is 0 Å². The van der Waals surface area contributed by atoms with Crippen LogP contribution in [0.5, 0.6) is 5.75 Å². The van der Waals surface area contributed by atoms with Crippen LogP contribution in [0.25, 0.3) is 0 Å².